The molecule has 1 N–H and O–H groups in total. The maximum atomic E-state index is 12.6. The molecule has 0 fully saturated rings. The first kappa shape index (κ1) is 20.6. The van der Waals surface area contributed by atoms with Gasteiger partial charge in [0.2, 0.25) is 5.91 Å². The summed E-state index contributed by atoms with van der Waals surface area (Å²) < 4.78 is 11.5. The van der Waals surface area contributed by atoms with Gasteiger partial charge in [-0.1, -0.05) is 12.1 Å². The number of carbonyl (C=O) groups is 1. The second kappa shape index (κ2) is 9.85. The van der Waals surface area contributed by atoms with Gasteiger partial charge in [0.05, 0.1) is 25.4 Å². The lowest BCUT2D eigenvalue weighted by molar-refractivity contribution is -0.117. The summed E-state index contributed by atoms with van der Waals surface area (Å²) in [6.45, 7) is 7.12. The van der Waals surface area contributed by atoms with Crippen molar-refractivity contribution in [1.29, 1.82) is 0 Å². The van der Waals surface area contributed by atoms with Crippen LogP contribution in [-0.2, 0) is 17.8 Å². The Bertz CT molecular complexity index is 825. The fraction of sp³-hybridized carbons (Fsp3) is 0.409. The summed E-state index contributed by atoms with van der Waals surface area (Å²) >= 11 is 1.63. The molecule has 0 unspecified atom stereocenters. The number of hydrogen-bond donors (Lipinski definition) is 1. The Balaban J connectivity index is 1.67. The van der Waals surface area contributed by atoms with Gasteiger partial charge in [-0.25, -0.2) is 0 Å². The van der Waals surface area contributed by atoms with E-state index in [9.17, 15) is 4.79 Å². The van der Waals surface area contributed by atoms with Crippen LogP contribution >= 0.6 is 11.8 Å². The van der Waals surface area contributed by atoms with E-state index in [0.717, 1.165) is 41.6 Å². The molecule has 0 spiro atoms. The van der Waals surface area contributed by atoms with E-state index in [0.29, 0.717) is 19.8 Å². The summed E-state index contributed by atoms with van der Waals surface area (Å²) in [6, 6.07) is 12.0. The summed E-state index contributed by atoms with van der Waals surface area (Å²) in [5.41, 5.74) is 3.35. The summed E-state index contributed by atoms with van der Waals surface area (Å²) in [7, 11) is 0. The average Bonchev–Trinajstić information content (AvgIpc) is 2.69. The van der Waals surface area contributed by atoms with Crippen LogP contribution in [0.25, 0.3) is 0 Å². The van der Waals surface area contributed by atoms with E-state index in [2.05, 4.69) is 22.3 Å². The zero-order valence-corrected chi connectivity index (χ0v) is 17.6. The molecule has 0 radical (unpaired) electrons. The Morgan fingerprint density at radius 2 is 1.79 bits per heavy atom. The van der Waals surface area contributed by atoms with Crippen molar-refractivity contribution in [1.82, 2.24) is 4.90 Å². The van der Waals surface area contributed by atoms with Gasteiger partial charge in [0.25, 0.3) is 0 Å². The van der Waals surface area contributed by atoms with Gasteiger partial charge < -0.3 is 14.8 Å². The first-order valence-corrected chi connectivity index (χ1v) is 10.9. The Hall–Kier alpha value is -2.18. The topological polar surface area (TPSA) is 50.8 Å². The highest BCUT2D eigenvalue weighted by molar-refractivity contribution is 7.98. The SMILES string of the molecule is CCOc1cc2c(cc1OCC)CN(CC(=O)Nc1ccccc1SC)CC2. The predicted molar refractivity (Wildman–Crippen MR) is 115 cm³/mol. The molecule has 1 aliphatic heterocycles. The van der Waals surface area contributed by atoms with E-state index < -0.39 is 0 Å². The van der Waals surface area contributed by atoms with Crippen molar-refractivity contribution >= 4 is 23.4 Å². The molecule has 0 aromatic heterocycles. The summed E-state index contributed by atoms with van der Waals surface area (Å²) in [6.07, 6.45) is 2.91. The second-order valence-corrected chi connectivity index (χ2v) is 7.49. The molecule has 0 saturated carbocycles. The molecule has 0 aliphatic carbocycles. The summed E-state index contributed by atoms with van der Waals surface area (Å²) in [5, 5.41) is 3.04. The Labute approximate surface area is 171 Å². The van der Waals surface area contributed by atoms with Gasteiger partial charge in [-0.05, 0) is 61.9 Å². The minimum Gasteiger partial charge on any atom is -0.490 e. The Morgan fingerprint density at radius 3 is 2.46 bits per heavy atom. The molecule has 5 nitrogen and oxygen atoms in total. The zero-order chi connectivity index (χ0) is 19.9. The first-order valence-electron chi connectivity index (χ1n) is 9.71. The van der Waals surface area contributed by atoms with Gasteiger partial charge in [-0.3, -0.25) is 9.69 Å². The number of para-hydroxylation sites is 1. The number of fused-ring (bicyclic) bond motifs is 1. The fourth-order valence-electron chi connectivity index (χ4n) is 3.43. The Kier molecular flexibility index (Phi) is 7.23. The van der Waals surface area contributed by atoms with Gasteiger partial charge in [0.15, 0.2) is 11.5 Å². The van der Waals surface area contributed by atoms with Gasteiger partial charge in [0, 0.05) is 18.0 Å². The molecule has 1 aliphatic rings. The molecule has 150 valence electrons. The van der Waals surface area contributed by atoms with Crippen molar-refractivity contribution in [2.75, 3.05) is 37.9 Å². The molecular formula is C22H28N2O3S. The Morgan fingerprint density at radius 1 is 1.11 bits per heavy atom. The number of nitrogens with zero attached hydrogens (tertiary/aromatic N) is 1. The molecule has 1 heterocycles. The normalized spacial score (nSPS) is 13.7. The molecule has 0 atom stereocenters. The molecule has 0 bridgehead atoms. The number of hydrogen-bond acceptors (Lipinski definition) is 5. The monoisotopic (exact) mass is 400 g/mol. The number of anilines is 1. The zero-order valence-electron chi connectivity index (χ0n) is 16.8. The van der Waals surface area contributed by atoms with E-state index in [1.165, 1.54) is 11.1 Å². The maximum Gasteiger partial charge on any atom is 0.238 e. The lowest BCUT2D eigenvalue weighted by atomic mass is 9.98. The van der Waals surface area contributed by atoms with Crippen LogP contribution in [-0.4, -0.2) is 43.4 Å². The molecule has 28 heavy (non-hydrogen) atoms. The van der Waals surface area contributed by atoms with Crippen LogP contribution in [0, 0.1) is 0 Å². The van der Waals surface area contributed by atoms with Gasteiger partial charge in [-0.15, -0.1) is 11.8 Å². The van der Waals surface area contributed by atoms with Crippen molar-refractivity contribution in [3.05, 3.63) is 47.5 Å². The van der Waals surface area contributed by atoms with E-state index in [4.69, 9.17) is 9.47 Å². The molecule has 3 rings (SSSR count). The molecule has 6 heteroatoms. The highest BCUT2D eigenvalue weighted by atomic mass is 32.2. The molecular weight excluding hydrogens is 372 g/mol. The average molecular weight is 401 g/mol. The van der Waals surface area contributed by atoms with E-state index in [-0.39, 0.29) is 5.91 Å². The number of rotatable bonds is 8. The van der Waals surface area contributed by atoms with Crippen LogP contribution in [0.4, 0.5) is 5.69 Å². The third kappa shape index (κ3) is 5.00. The number of thioether (sulfide) groups is 1. The summed E-state index contributed by atoms with van der Waals surface area (Å²) in [5.74, 6) is 1.60. The van der Waals surface area contributed by atoms with Crippen molar-refractivity contribution in [2.45, 2.75) is 31.7 Å². The minimum atomic E-state index is 0.0147. The number of carbonyl (C=O) groups excluding carboxylic acids is 1. The maximum absolute atomic E-state index is 12.6. The molecule has 0 saturated heterocycles. The predicted octanol–water partition coefficient (Wildman–Crippen LogP) is 4.20. The minimum absolute atomic E-state index is 0.0147. The van der Waals surface area contributed by atoms with Gasteiger partial charge >= 0.3 is 0 Å². The van der Waals surface area contributed by atoms with Crippen molar-refractivity contribution in [3.63, 3.8) is 0 Å². The van der Waals surface area contributed by atoms with E-state index in [1.807, 2.05) is 44.4 Å². The van der Waals surface area contributed by atoms with Crippen molar-refractivity contribution in [3.8, 4) is 11.5 Å². The molecule has 2 aromatic rings. The summed E-state index contributed by atoms with van der Waals surface area (Å²) in [4.78, 5) is 15.8. The highest BCUT2D eigenvalue weighted by Gasteiger charge is 2.21. The standard InChI is InChI=1S/C22H28N2O3S/c1-4-26-19-12-16-10-11-24(14-17(16)13-20(19)27-5-2)15-22(25)23-18-8-6-7-9-21(18)28-3/h6-9,12-13H,4-5,10-11,14-15H2,1-3H3,(H,23,25). The van der Waals surface area contributed by atoms with Crippen molar-refractivity contribution < 1.29 is 14.3 Å². The lowest BCUT2D eigenvalue weighted by Gasteiger charge is -2.29. The van der Waals surface area contributed by atoms with Crippen LogP contribution in [0.1, 0.15) is 25.0 Å². The largest absolute Gasteiger partial charge is 0.490 e. The molecule has 1 amide bonds. The van der Waals surface area contributed by atoms with Crippen LogP contribution in [0.2, 0.25) is 0 Å². The third-order valence-electron chi connectivity index (χ3n) is 4.71. The second-order valence-electron chi connectivity index (χ2n) is 6.64. The van der Waals surface area contributed by atoms with Crippen LogP contribution in [0.3, 0.4) is 0 Å². The van der Waals surface area contributed by atoms with E-state index in [1.54, 1.807) is 11.8 Å². The first-order chi connectivity index (χ1) is 13.6. The van der Waals surface area contributed by atoms with Crippen LogP contribution in [0.15, 0.2) is 41.3 Å². The third-order valence-corrected chi connectivity index (χ3v) is 5.50. The van der Waals surface area contributed by atoms with Gasteiger partial charge in [-0.2, -0.15) is 0 Å². The van der Waals surface area contributed by atoms with Crippen LogP contribution < -0.4 is 14.8 Å². The highest BCUT2D eigenvalue weighted by Crippen LogP contribution is 2.34. The smallest absolute Gasteiger partial charge is 0.238 e. The fourth-order valence-corrected chi connectivity index (χ4v) is 3.99. The van der Waals surface area contributed by atoms with Crippen LogP contribution in [0.5, 0.6) is 11.5 Å². The molecule has 2 aromatic carbocycles. The number of benzene rings is 2. The number of nitrogens with one attached hydrogen (secondary N) is 1. The number of amides is 1. The quantitative estimate of drug-likeness (QED) is 0.673. The van der Waals surface area contributed by atoms with Crippen molar-refractivity contribution in [2.24, 2.45) is 0 Å². The van der Waals surface area contributed by atoms with Gasteiger partial charge in [0.1, 0.15) is 0 Å². The van der Waals surface area contributed by atoms with E-state index >= 15 is 0 Å². The number of ether oxygens (including phenoxy) is 2. The lowest BCUT2D eigenvalue weighted by Crippen LogP contribution is -2.37.